The Labute approximate surface area is 429 Å². The molecule has 0 saturated carbocycles. The van der Waals surface area contributed by atoms with Gasteiger partial charge in [-0.3, -0.25) is 19.1 Å². The van der Waals surface area contributed by atoms with E-state index in [0.717, 1.165) is 36.0 Å². The number of amides is 1. The molecule has 15 heteroatoms. The molecule has 392 valence electrons. The number of aryl methyl sites for hydroxylation is 1. The van der Waals surface area contributed by atoms with E-state index in [-0.39, 0.29) is 44.2 Å². The van der Waals surface area contributed by atoms with Gasteiger partial charge in [-0.15, -0.1) is 0 Å². The number of likely N-dealkylation sites (tertiary alicyclic amines) is 1. The van der Waals surface area contributed by atoms with Crippen LogP contribution in [0.5, 0.6) is 11.5 Å². The molecule has 2 fully saturated rings. The zero-order valence-corrected chi connectivity index (χ0v) is 45.0. The highest BCUT2D eigenvalue weighted by molar-refractivity contribution is 7.44. The van der Waals surface area contributed by atoms with Crippen molar-refractivity contribution in [2.24, 2.45) is 0 Å². The SMILES string of the molecule is CCCCCCCCCCCCCCCC(=O)N1C[C@]2(COC(c3ccccc3)(c3ccc(OC)cc3)c3ccc(OC)cc3)O[C@@H](n3cc(C)c(=O)[nH]c3=O)[C@H]1[C@@H]2OP(OCCC#N)N(C(C)C)C(C)C. The Morgan fingerprint density at radius 3 is 1.86 bits per heavy atom. The largest absolute Gasteiger partial charge is 0.497 e. The number of benzene rings is 3. The third kappa shape index (κ3) is 13.6. The van der Waals surface area contributed by atoms with Crippen LogP contribution in [0.15, 0.2) is 94.6 Å². The van der Waals surface area contributed by atoms with Gasteiger partial charge in [0.05, 0.1) is 46.5 Å². The molecule has 3 heterocycles. The van der Waals surface area contributed by atoms with Gasteiger partial charge in [0.2, 0.25) is 5.91 Å². The number of nitrogens with zero attached hydrogens (tertiary/aromatic N) is 4. The molecule has 1 unspecified atom stereocenters. The molecule has 1 N–H and O–H groups in total. The van der Waals surface area contributed by atoms with Gasteiger partial charge in [-0.2, -0.15) is 5.26 Å². The van der Waals surface area contributed by atoms with Crippen LogP contribution in [-0.2, 0) is 28.9 Å². The lowest BCUT2D eigenvalue weighted by molar-refractivity contribution is -0.182. The summed E-state index contributed by atoms with van der Waals surface area (Å²) in [5.41, 5.74) is -1.12. The van der Waals surface area contributed by atoms with Crippen molar-refractivity contribution in [1.29, 1.82) is 5.26 Å². The molecule has 6 rings (SSSR count). The van der Waals surface area contributed by atoms with Crippen molar-refractivity contribution in [2.75, 3.05) is 34.0 Å². The molecule has 2 aliphatic heterocycles. The highest BCUT2D eigenvalue weighted by Gasteiger charge is 2.68. The van der Waals surface area contributed by atoms with Crippen LogP contribution in [0.25, 0.3) is 0 Å². The number of aromatic nitrogens is 2. The number of nitriles is 1. The maximum atomic E-state index is 15.0. The third-order valence-corrected chi connectivity index (χ3v) is 16.2. The van der Waals surface area contributed by atoms with Crippen LogP contribution in [0, 0.1) is 18.3 Å². The van der Waals surface area contributed by atoms with Crippen LogP contribution in [0.4, 0.5) is 0 Å². The minimum Gasteiger partial charge on any atom is -0.497 e. The molecule has 2 saturated heterocycles. The lowest BCUT2D eigenvalue weighted by Gasteiger charge is -2.42. The van der Waals surface area contributed by atoms with E-state index in [2.05, 4.69) is 50.3 Å². The van der Waals surface area contributed by atoms with E-state index in [0.29, 0.717) is 29.9 Å². The first-order valence-corrected chi connectivity index (χ1v) is 27.5. The van der Waals surface area contributed by atoms with Gasteiger partial charge in [0, 0.05) is 30.3 Å². The number of hydrogen-bond acceptors (Lipinski definition) is 11. The van der Waals surface area contributed by atoms with E-state index in [1.165, 1.54) is 68.6 Å². The van der Waals surface area contributed by atoms with Crippen LogP contribution >= 0.6 is 8.53 Å². The summed E-state index contributed by atoms with van der Waals surface area (Å²) in [5, 5.41) is 9.63. The standard InChI is InChI=1S/C57H80N5O9P/c1-9-10-11-12-13-14-15-16-17-18-19-20-24-28-50(63)61-40-56(41-68-57(45-26-22-21-23-27-45,46-29-33-48(66-7)34-30-46)47-31-35-49(67-8)36-32-47)52(71-72(69-38-25-37-58)62(42(2)3)43(4)5)51(61)54(70-56)60-39-44(6)53(64)59-55(60)65/h21-23,26-27,29-36,39,42-43,51-52,54H,9-20,24-25,28,38,40-41H2,1-8H3,(H,59,64,65)/t51-,52+,54-,56-,72?/m1/s1. The third-order valence-electron chi connectivity index (χ3n) is 14.1. The van der Waals surface area contributed by atoms with Gasteiger partial charge in [0.1, 0.15) is 34.8 Å². The molecule has 2 bridgehead atoms. The average Bonchev–Trinajstić information content (AvgIpc) is 3.85. The Morgan fingerprint density at radius 2 is 1.35 bits per heavy atom. The first kappa shape index (κ1) is 56.4. The summed E-state index contributed by atoms with van der Waals surface area (Å²) in [7, 11) is 1.37. The van der Waals surface area contributed by atoms with E-state index in [1.807, 2.05) is 83.8 Å². The summed E-state index contributed by atoms with van der Waals surface area (Å²) < 4.78 is 43.6. The quantitative estimate of drug-likeness (QED) is 0.0291. The maximum Gasteiger partial charge on any atom is 0.330 e. The number of carbonyl (C=O) groups is 1. The van der Waals surface area contributed by atoms with Gasteiger partial charge in [-0.1, -0.05) is 139 Å². The summed E-state index contributed by atoms with van der Waals surface area (Å²) in [4.78, 5) is 46.1. The number of fused-ring (bicyclic) bond motifs is 2. The zero-order chi connectivity index (χ0) is 51.7. The normalized spacial score (nSPS) is 19.1. The molecule has 0 radical (unpaired) electrons. The number of methoxy groups -OCH3 is 2. The monoisotopic (exact) mass is 1010 g/mol. The van der Waals surface area contributed by atoms with E-state index >= 15 is 0 Å². The Morgan fingerprint density at radius 1 is 0.819 bits per heavy atom. The molecule has 0 aliphatic carbocycles. The summed E-state index contributed by atoms with van der Waals surface area (Å²) >= 11 is 0. The van der Waals surface area contributed by atoms with E-state index < -0.39 is 49.4 Å². The number of nitrogens with one attached hydrogen (secondary N) is 1. The van der Waals surface area contributed by atoms with Crippen LogP contribution in [0.2, 0.25) is 0 Å². The van der Waals surface area contributed by atoms with Gasteiger partial charge in [-0.25, -0.2) is 9.46 Å². The zero-order valence-electron chi connectivity index (χ0n) is 44.1. The van der Waals surface area contributed by atoms with Crippen LogP contribution < -0.4 is 20.7 Å². The van der Waals surface area contributed by atoms with Gasteiger partial charge in [0.25, 0.3) is 14.1 Å². The van der Waals surface area contributed by atoms with Gasteiger partial charge < -0.3 is 32.9 Å². The van der Waals surface area contributed by atoms with E-state index in [9.17, 15) is 19.6 Å². The lowest BCUT2D eigenvalue weighted by atomic mass is 9.79. The molecular formula is C57H80N5O9P. The maximum absolute atomic E-state index is 15.0. The molecule has 72 heavy (non-hydrogen) atoms. The smallest absolute Gasteiger partial charge is 0.330 e. The summed E-state index contributed by atoms with van der Waals surface area (Å²) in [6.07, 6.45) is 15.4. The topological polar surface area (TPSA) is 158 Å². The Bertz CT molecular complexity index is 2390. The van der Waals surface area contributed by atoms with Crippen molar-refractivity contribution in [2.45, 2.75) is 180 Å². The highest BCUT2D eigenvalue weighted by Crippen LogP contribution is 2.57. The lowest BCUT2D eigenvalue weighted by Crippen LogP contribution is -2.53. The number of ether oxygens (including phenoxy) is 4. The Kier molecular flexibility index (Phi) is 21.5. The van der Waals surface area contributed by atoms with Crippen LogP contribution in [0.3, 0.4) is 0 Å². The van der Waals surface area contributed by atoms with Crippen molar-refractivity contribution in [3.05, 3.63) is 128 Å². The molecule has 4 aromatic rings. The number of carbonyl (C=O) groups excluding carboxylic acids is 1. The van der Waals surface area contributed by atoms with Crippen molar-refractivity contribution in [1.82, 2.24) is 19.1 Å². The number of H-pyrrole nitrogens is 1. The molecule has 0 spiro atoms. The van der Waals surface area contributed by atoms with Crippen molar-refractivity contribution in [3.8, 4) is 17.6 Å². The fourth-order valence-corrected chi connectivity index (χ4v) is 12.2. The molecule has 3 aromatic carbocycles. The Hall–Kier alpha value is -4.87. The number of aromatic amines is 1. The van der Waals surface area contributed by atoms with Gasteiger partial charge in [-0.05, 0) is 82.0 Å². The molecule has 1 amide bonds. The van der Waals surface area contributed by atoms with Gasteiger partial charge in [0.15, 0.2) is 6.23 Å². The molecule has 2 aliphatic rings. The van der Waals surface area contributed by atoms with Gasteiger partial charge >= 0.3 is 5.69 Å². The van der Waals surface area contributed by atoms with Crippen LogP contribution in [-0.4, -0.2) is 88.8 Å². The predicted octanol–water partition coefficient (Wildman–Crippen LogP) is 11.5. The summed E-state index contributed by atoms with van der Waals surface area (Å²) in [5.74, 6) is 1.26. The van der Waals surface area contributed by atoms with Crippen molar-refractivity contribution >= 4 is 14.4 Å². The average molecular weight is 1010 g/mol. The number of rotatable bonds is 31. The minimum absolute atomic E-state index is 0.0326. The second-order valence-corrected chi connectivity index (χ2v) is 21.3. The minimum atomic E-state index is -1.89. The fourth-order valence-electron chi connectivity index (χ4n) is 10.4. The fraction of sp³-hybridized carbons (Fsp3) is 0.579. The molecule has 1 aromatic heterocycles. The first-order chi connectivity index (χ1) is 34.8. The van der Waals surface area contributed by atoms with Crippen molar-refractivity contribution in [3.63, 3.8) is 0 Å². The van der Waals surface area contributed by atoms with E-state index in [1.54, 1.807) is 21.1 Å². The van der Waals surface area contributed by atoms with Crippen LogP contribution in [0.1, 0.15) is 159 Å². The molecular weight excluding hydrogens is 930 g/mol. The highest BCUT2D eigenvalue weighted by atomic mass is 31.2. The summed E-state index contributed by atoms with van der Waals surface area (Å²) in [6.45, 7) is 12.3. The Balaban J connectivity index is 1.41. The second kappa shape index (κ2) is 27.4. The summed E-state index contributed by atoms with van der Waals surface area (Å²) in [6, 6.07) is 26.8. The number of unbranched alkanes of at least 4 members (excludes halogenated alkanes) is 12. The second-order valence-electron chi connectivity index (χ2n) is 19.9. The van der Waals surface area contributed by atoms with Crippen molar-refractivity contribution < 1.29 is 32.8 Å². The molecule has 14 nitrogen and oxygen atoms in total. The first-order valence-electron chi connectivity index (χ1n) is 26.4. The predicted molar refractivity (Wildman–Crippen MR) is 283 cm³/mol. The van der Waals surface area contributed by atoms with E-state index in [4.69, 9.17) is 28.0 Å². The number of hydrogen-bond donors (Lipinski definition) is 1. The molecule has 5 atom stereocenters. The number of morpholine rings is 1.